The Morgan fingerprint density at radius 3 is 2.71 bits per heavy atom. The maximum atomic E-state index is 5.63. The topological polar surface area (TPSA) is 93.8 Å². The van der Waals surface area contributed by atoms with Gasteiger partial charge in [-0.1, -0.05) is 19.0 Å². The molecule has 28 heavy (non-hydrogen) atoms. The molecule has 0 atom stereocenters. The Kier molecular flexibility index (Phi) is 8.58. The van der Waals surface area contributed by atoms with Crippen LogP contribution in [-0.2, 0) is 6.42 Å². The van der Waals surface area contributed by atoms with E-state index in [1.165, 1.54) is 0 Å². The van der Waals surface area contributed by atoms with Crippen molar-refractivity contribution >= 4 is 11.6 Å². The van der Waals surface area contributed by atoms with Gasteiger partial charge < -0.3 is 24.6 Å². The summed E-state index contributed by atoms with van der Waals surface area (Å²) in [6.45, 7) is 10.0. The monoisotopic (exact) mass is 389 g/mol. The van der Waals surface area contributed by atoms with E-state index in [2.05, 4.69) is 25.8 Å². The van der Waals surface area contributed by atoms with E-state index in [4.69, 9.17) is 14.0 Å². The lowest BCUT2D eigenvalue weighted by Crippen LogP contribution is -2.30. The first-order chi connectivity index (χ1) is 13.6. The molecule has 2 aromatic rings. The summed E-state index contributed by atoms with van der Waals surface area (Å²) in [5.74, 6) is 3.79. The Labute approximate surface area is 166 Å². The molecule has 0 saturated carbocycles. The van der Waals surface area contributed by atoms with E-state index in [-0.39, 0.29) is 5.92 Å². The molecule has 0 aliphatic carbocycles. The van der Waals surface area contributed by atoms with Crippen molar-refractivity contribution in [2.75, 3.05) is 32.1 Å². The van der Waals surface area contributed by atoms with Crippen molar-refractivity contribution in [1.82, 2.24) is 15.5 Å². The van der Waals surface area contributed by atoms with Gasteiger partial charge >= 0.3 is 0 Å². The van der Waals surface area contributed by atoms with Crippen LogP contribution >= 0.6 is 0 Å². The Hall–Kier alpha value is -2.77. The molecule has 0 amide bonds. The summed E-state index contributed by atoms with van der Waals surface area (Å²) >= 11 is 0. The molecule has 0 unspecified atom stereocenters. The van der Waals surface area contributed by atoms with Crippen LogP contribution in [0.5, 0.6) is 11.5 Å². The fourth-order valence-electron chi connectivity index (χ4n) is 2.49. The number of aromatic nitrogens is 2. The molecule has 0 bridgehead atoms. The van der Waals surface area contributed by atoms with Gasteiger partial charge in [0.05, 0.1) is 13.7 Å². The quantitative estimate of drug-likeness (QED) is 0.364. The highest BCUT2D eigenvalue weighted by molar-refractivity contribution is 5.93. The number of aryl methyl sites for hydroxylation is 1. The summed E-state index contributed by atoms with van der Waals surface area (Å²) in [6.07, 6.45) is 1.53. The van der Waals surface area contributed by atoms with Gasteiger partial charge in [0.2, 0.25) is 5.89 Å². The number of aliphatic imine (C=N–C) groups is 1. The molecule has 0 aliphatic heterocycles. The van der Waals surface area contributed by atoms with E-state index in [9.17, 15) is 0 Å². The van der Waals surface area contributed by atoms with Crippen molar-refractivity contribution in [3.05, 3.63) is 29.9 Å². The first-order valence-corrected chi connectivity index (χ1v) is 9.76. The number of hydrogen-bond donors (Lipinski definition) is 2. The van der Waals surface area contributed by atoms with Crippen LogP contribution in [0.1, 0.15) is 51.7 Å². The van der Waals surface area contributed by atoms with E-state index >= 15 is 0 Å². The fourth-order valence-corrected chi connectivity index (χ4v) is 2.49. The first-order valence-electron chi connectivity index (χ1n) is 9.76. The van der Waals surface area contributed by atoms with E-state index in [1.54, 1.807) is 7.11 Å². The molecule has 0 radical (unpaired) electrons. The van der Waals surface area contributed by atoms with E-state index in [0.29, 0.717) is 42.9 Å². The van der Waals surface area contributed by atoms with Gasteiger partial charge in [-0.3, -0.25) is 4.99 Å². The van der Waals surface area contributed by atoms with E-state index < -0.39 is 0 Å². The van der Waals surface area contributed by atoms with Gasteiger partial charge in [-0.2, -0.15) is 4.98 Å². The highest BCUT2D eigenvalue weighted by Gasteiger charge is 2.09. The van der Waals surface area contributed by atoms with Crippen LogP contribution in [0.15, 0.2) is 27.7 Å². The molecular weight excluding hydrogens is 358 g/mol. The Bertz CT molecular complexity index is 758. The van der Waals surface area contributed by atoms with Crippen LogP contribution in [0.3, 0.4) is 0 Å². The van der Waals surface area contributed by atoms with Crippen molar-refractivity contribution in [1.29, 1.82) is 0 Å². The number of nitrogens with one attached hydrogen (secondary N) is 2. The number of hydrogen-bond acceptors (Lipinski definition) is 6. The predicted octanol–water partition coefficient (Wildman–Crippen LogP) is 3.61. The lowest BCUT2D eigenvalue weighted by atomic mass is 10.2. The third kappa shape index (κ3) is 6.44. The minimum absolute atomic E-state index is 0.270. The molecule has 1 aromatic heterocycles. The lowest BCUT2D eigenvalue weighted by molar-refractivity contribution is 0.311. The van der Waals surface area contributed by atoms with Crippen molar-refractivity contribution in [2.24, 2.45) is 4.99 Å². The molecule has 0 fully saturated rings. The minimum atomic E-state index is 0.270. The Morgan fingerprint density at radius 2 is 2.07 bits per heavy atom. The smallest absolute Gasteiger partial charge is 0.226 e. The maximum absolute atomic E-state index is 5.63. The van der Waals surface area contributed by atoms with Gasteiger partial charge in [0.15, 0.2) is 23.3 Å². The van der Waals surface area contributed by atoms with Gasteiger partial charge in [-0.15, -0.1) is 0 Å². The van der Waals surface area contributed by atoms with Gasteiger partial charge in [0.1, 0.15) is 0 Å². The summed E-state index contributed by atoms with van der Waals surface area (Å²) < 4.78 is 16.2. The maximum Gasteiger partial charge on any atom is 0.226 e. The largest absolute Gasteiger partial charge is 0.493 e. The molecule has 0 spiro atoms. The van der Waals surface area contributed by atoms with Crippen molar-refractivity contribution in [2.45, 2.75) is 46.5 Å². The summed E-state index contributed by atoms with van der Waals surface area (Å²) in [5.41, 5.74) is 0.877. The van der Waals surface area contributed by atoms with Crippen LogP contribution in [0.2, 0.25) is 0 Å². The third-order valence-electron chi connectivity index (χ3n) is 3.89. The summed E-state index contributed by atoms with van der Waals surface area (Å²) in [6, 6.07) is 5.71. The van der Waals surface area contributed by atoms with Gasteiger partial charge in [-0.05, 0) is 32.4 Å². The van der Waals surface area contributed by atoms with Crippen LogP contribution < -0.4 is 20.1 Å². The van der Waals surface area contributed by atoms with E-state index in [1.807, 2.05) is 45.9 Å². The third-order valence-corrected chi connectivity index (χ3v) is 3.89. The van der Waals surface area contributed by atoms with Crippen molar-refractivity contribution in [3.63, 3.8) is 0 Å². The zero-order chi connectivity index (χ0) is 20.4. The average molecular weight is 390 g/mol. The number of rotatable bonds is 10. The minimum Gasteiger partial charge on any atom is -0.493 e. The zero-order valence-corrected chi connectivity index (χ0v) is 17.4. The molecule has 0 aliphatic rings. The number of benzene rings is 1. The summed E-state index contributed by atoms with van der Waals surface area (Å²) in [7, 11) is 1.63. The van der Waals surface area contributed by atoms with Crippen LogP contribution in [-0.4, -0.2) is 42.9 Å². The molecule has 1 aromatic carbocycles. The highest BCUT2D eigenvalue weighted by atomic mass is 16.5. The Morgan fingerprint density at radius 1 is 1.25 bits per heavy atom. The second-order valence-electron chi connectivity index (χ2n) is 6.49. The summed E-state index contributed by atoms with van der Waals surface area (Å²) in [4.78, 5) is 9.01. The molecule has 1 heterocycles. The van der Waals surface area contributed by atoms with E-state index in [0.717, 1.165) is 24.5 Å². The zero-order valence-electron chi connectivity index (χ0n) is 17.4. The van der Waals surface area contributed by atoms with Gasteiger partial charge in [-0.25, -0.2) is 0 Å². The number of nitrogens with zero attached hydrogens (tertiary/aromatic N) is 3. The normalized spacial score (nSPS) is 11.6. The fraction of sp³-hybridized carbons (Fsp3) is 0.550. The lowest BCUT2D eigenvalue weighted by Gasteiger charge is -2.14. The Balaban J connectivity index is 1.95. The summed E-state index contributed by atoms with van der Waals surface area (Å²) in [5, 5.41) is 10.5. The molecule has 8 nitrogen and oxygen atoms in total. The van der Waals surface area contributed by atoms with Crippen molar-refractivity contribution < 1.29 is 14.0 Å². The SMILES string of the molecule is CCNC(=NCCCc1nc(C(C)C)no1)Nc1ccc(OC)c(OCC)c1. The molecule has 2 rings (SSSR count). The van der Waals surface area contributed by atoms with Crippen LogP contribution in [0.25, 0.3) is 0 Å². The number of ether oxygens (including phenoxy) is 2. The van der Waals surface area contributed by atoms with Gasteiger partial charge in [0, 0.05) is 37.2 Å². The molecule has 8 heteroatoms. The van der Waals surface area contributed by atoms with Gasteiger partial charge in [0.25, 0.3) is 0 Å². The highest BCUT2D eigenvalue weighted by Crippen LogP contribution is 2.30. The second-order valence-corrected chi connectivity index (χ2v) is 6.49. The predicted molar refractivity (Wildman–Crippen MR) is 110 cm³/mol. The first kappa shape index (κ1) is 21.5. The molecule has 0 saturated heterocycles. The number of anilines is 1. The van der Waals surface area contributed by atoms with Crippen LogP contribution in [0, 0.1) is 0 Å². The van der Waals surface area contributed by atoms with Crippen molar-refractivity contribution in [3.8, 4) is 11.5 Å². The molecule has 2 N–H and O–H groups in total. The average Bonchev–Trinajstić information content (AvgIpc) is 3.15. The number of methoxy groups -OCH3 is 1. The molecule has 154 valence electrons. The second kappa shape index (κ2) is 11.2. The molecular formula is C20H31N5O3. The number of guanidine groups is 1. The van der Waals surface area contributed by atoms with Crippen LogP contribution in [0.4, 0.5) is 5.69 Å². The standard InChI is InChI=1S/C20H31N5O3/c1-6-21-20(22-12-8-9-18-24-19(14(3)4)25-28-18)23-15-10-11-16(26-5)17(13-15)27-7-2/h10-11,13-14H,6-9,12H2,1-5H3,(H2,21,22,23).